The monoisotopic (exact) mass is 129 g/mol. The Morgan fingerprint density at radius 1 is 1.78 bits per heavy atom. The SMILES string of the molecule is CCC(C[O])C1CCO1. The number of hydrogen-bond donors (Lipinski definition) is 0. The van der Waals surface area contributed by atoms with Crippen molar-refractivity contribution in [3.63, 3.8) is 0 Å². The molecule has 2 nitrogen and oxygen atoms in total. The molecule has 0 bridgehead atoms. The average molecular weight is 129 g/mol. The first-order valence-corrected chi connectivity index (χ1v) is 3.58. The molecule has 1 radical (unpaired) electrons. The number of hydrogen-bond acceptors (Lipinski definition) is 1. The molecule has 0 aromatic heterocycles. The molecule has 1 aliphatic heterocycles. The van der Waals surface area contributed by atoms with Gasteiger partial charge in [0, 0.05) is 12.5 Å². The lowest BCUT2D eigenvalue weighted by Gasteiger charge is -2.31. The Morgan fingerprint density at radius 2 is 2.44 bits per heavy atom. The van der Waals surface area contributed by atoms with E-state index in [0.717, 1.165) is 19.4 Å². The van der Waals surface area contributed by atoms with Crippen molar-refractivity contribution in [2.45, 2.75) is 25.9 Å². The second-order valence-electron chi connectivity index (χ2n) is 2.53. The minimum absolute atomic E-state index is 0.0289. The summed E-state index contributed by atoms with van der Waals surface area (Å²) in [6, 6.07) is 0. The van der Waals surface area contributed by atoms with Gasteiger partial charge in [0.1, 0.15) is 0 Å². The molecule has 0 aromatic carbocycles. The van der Waals surface area contributed by atoms with Crippen molar-refractivity contribution in [1.29, 1.82) is 0 Å². The Kier molecular flexibility index (Phi) is 2.49. The van der Waals surface area contributed by atoms with E-state index in [9.17, 15) is 5.11 Å². The topological polar surface area (TPSA) is 29.1 Å². The van der Waals surface area contributed by atoms with Gasteiger partial charge in [-0.05, 0) is 12.8 Å². The van der Waals surface area contributed by atoms with Crippen LogP contribution in [-0.4, -0.2) is 19.3 Å². The van der Waals surface area contributed by atoms with E-state index < -0.39 is 0 Å². The molecule has 0 spiro atoms. The summed E-state index contributed by atoms with van der Waals surface area (Å²) in [6.45, 7) is 2.94. The largest absolute Gasteiger partial charge is 0.378 e. The van der Waals surface area contributed by atoms with Crippen LogP contribution in [-0.2, 0) is 9.84 Å². The summed E-state index contributed by atoms with van der Waals surface area (Å²) in [4.78, 5) is 0. The lowest BCUT2D eigenvalue weighted by atomic mass is 9.95. The van der Waals surface area contributed by atoms with Crippen LogP contribution in [0.25, 0.3) is 0 Å². The highest BCUT2D eigenvalue weighted by Gasteiger charge is 2.26. The van der Waals surface area contributed by atoms with Crippen molar-refractivity contribution < 1.29 is 9.84 Å². The van der Waals surface area contributed by atoms with Crippen LogP contribution in [0.4, 0.5) is 0 Å². The van der Waals surface area contributed by atoms with Crippen LogP contribution < -0.4 is 0 Å². The maximum Gasteiger partial charge on any atom is 0.0875 e. The van der Waals surface area contributed by atoms with Gasteiger partial charge < -0.3 is 4.74 Å². The highest BCUT2D eigenvalue weighted by molar-refractivity contribution is 4.74. The van der Waals surface area contributed by atoms with Crippen molar-refractivity contribution in [2.75, 3.05) is 13.2 Å². The van der Waals surface area contributed by atoms with E-state index in [1.807, 2.05) is 6.92 Å². The zero-order valence-electron chi connectivity index (χ0n) is 5.80. The van der Waals surface area contributed by atoms with Gasteiger partial charge in [0.2, 0.25) is 0 Å². The summed E-state index contributed by atoms with van der Waals surface area (Å²) in [5.41, 5.74) is 0. The third-order valence-electron chi connectivity index (χ3n) is 2.00. The number of rotatable bonds is 3. The molecule has 0 N–H and O–H groups in total. The highest BCUT2D eigenvalue weighted by atomic mass is 16.5. The molecule has 1 heterocycles. The first kappa shape index (κ1) is 7.03. The molecule has 0 amide bonds. The molecule has 2 unspecified atom stereocenters. The fourth-order valence-electron chi connectivity index (χ4n) is 1.11. The Bertz CT molecular complexity index is 75.0. The third kappa shape index (κ3) is 1.43. The van der Waals surface area contributed by atoms with E-state index in [2.05, 4.69) is 0 Å². The van der Waals surface area contributed by atoms with Crippen LogP contribution in [0.2, 0.25) is 0 Å². The van der Waals surface area contributed by atoms with Gasteiger partial charge in [0.15, 0.2) is 0 Å². The molecule has 0 aliphatic carbocycles. The lowest BCUT2D eigenvalue weighted by molar-refractivity contribution is -0.102. The molecule has 0 saturated carbocycles. The van der Waals surface area contributed by atoms with Gasteiger partial charge in [-0.25, -0.2) is 5.11 Å². The van der Waals surface area contributed by atoms with E-state index >= 15 is 0 Å². The minimum Gasteiger partial charge on any atom is -0.378 e. The standard InChI is InChI=1S/C7H13O2/c1-2-6(5-8)7-3-4-9-7/h6-7H,2-5H2,1H3. The molecule has 2 heteroatoms. The molecule has 53 valence electrons. The molecule has 9 heavy (non-hydrogen) atoms. The van der Waals surface area contributed by atoms with Crippen LogP contribution in [0.1, 0.15) is 19.8 Å². The van der Waals surface area contributed by atoms with Gasteiger partial charge in [-0.15, -0.1) is 0 Å². The quantitative estimate of drug-likeness (QED) is 0.563. The molecule has 1 fully saturated rings. The van der Waals surface area contributed by atoms with Gasteiger partial charge in [-0.2, -0.15) is 0 Å². The van der Waals surface area contributed by atoms with Gasteiger partial charge in [0.05, 0.1) is 12.7 Å². The maximum atomic E-state index is 10.4. The molecular weight excluding hydrogens is 116 g/mol. The Balaban J connectivity index is 2.19. The third-order valence-corrected chi connectivity index (χ3v) is 2.00. The summed E-state index contributed by atoms with van der Waals surface area (Å²) in [5, 5.41) is 10.4. The van der Waals surface area contributed by atoms with E-state index in [1.165, 1.54) is 0 Å². The smallest absolute Gasteiger partial charge is 0.0875 e. The summed E-state index contributed by atoms with van der Waals surface area (Å²) in [7, 11) is 0. The Hall–Kier alpha value is -0.0800. The average Bonchev–Trinajstić information content (AvgIpc) is 1.78. The van der Waals surface area contributed by atoms with Gasteiger partial charge in [-0.1, -0.05) is 6.92 Å². The summed E-state index contributed by atoms with van der Waals surface area (Å²) >= 11 is 0. The van der Waals surface area contributed by atoms with Crippen molar-refractivity contribution in [2.24, 2.45) is 5.92 Å². The van der Waals surface area contributed by atoms with Crippen molar-refractivity contribution in [3.8, 4) is 0 Å². The van der Waals surface area contributed by atoms with Gasteiger partial charge in [0.25, 0.3) is 0 Å². The van der Waals surface area contributed by atoms with E-state index in [-0.39, 0.29) is 12.5 Å². The Morgan fingerprint density at radius 3 is 2.56 bits per heavy atom. The minimum atomic E-state index is 0.0289. The molecule has 1 aliphatic rings. The molecule has 1 saturated heterocycles. The van der Waals surface area contributed by atoms with E-state index in [0.29, 0.717) is 6.10 Å². The van der Waals surface area contributed by atoms with Crippen molar-refractivity contribution >= 4 is 0 Å². The van der Waals surface area contributed by atoms with Crippen LogP contribution in [0.3, 0.4) is 0 Å². The van der Waals surface area contributed by atoms with E-state index in [1.54, 1.807) is 0 Å². The van der Waals surface area contributed by atoms with Crippen LogP contribution >= 0.6 is 0 Å². The predicted octanol–water partition coefficient (Wildman–Crippen LogP) is 1.23. The van der Waals surface area contributed by atoms with Crippen LogP contribution in [0.15, 0.2) is 0 Å². The summed E-state index contributed by atoms with van der Waals surface area (Å²) in [5.74, 6) is 0.277. The summed E-state index contributed by atoms with van der Waals surface area (Å²) < 4.78 is 5.17. The van der Waals surface area contributed by atoms with E-state index in [4.69, 9.17) is 4.74 Å². The Labute approximate surface area is 55.8 Å². The zero-order valence-corrected chi connectivity index (χ0v) is 5.80. The maximum absolute atomic E-state index is 10.4. The van der Waals surface area contributed by atoms with Crippen molar-refractivity contribution in [3.05, 3.63) is 0 Å². The second kappa shape index (κ2) is 3.18. The summed E-state index contributed by atoms with van der Waals surface area (Å²) in [6.07, 6.45) is 2.36. The van der Waals surface area contributed by atoms with Gasteiger partial charge in [-0.3, -0.25) is 0 Å². The second-order valence-corrected chi connectivity index (χ2v) is 2.53. The fraction of sp³-hybridized carbons (Fsp3) is 1.00. The molecule has 0 aromatic rings. The molecule has 2 atom stereocenters. The first-order chi connectivity index (χ1) is 4.38. The van der Waals surface area contributed by atoms with Crippen molar-refractivity contribution in [1.82, 2.24) is 0 Å². The zero-order chi connectivity index (χ0) is 6.69. The lowest BCUT2D eigenvalue weighted by Crippen LogP contribution is -2.35. The predicted molar refractivity (Wildman–Crippen MR) is 33.7 cm³/mol. The highest BCUT2D eigenvalue weighted by Crippen LogP contribution is 2.22. The normalized spacial score (nSPS) is 29.3. The first-order valence-electron chi connectivity index (χ1n) is 3.58. The number of ether oxygens (including phenoxy) is 1. The molecular formula is C7H13O2. The fourth-order valence-corrected chi connectivity index (χ4v) is 1.11. The van der Waals surface area contributed by atoms with Crippen LogP contribution in [0.5, 0.6) is 0 Å². The van der Waals surface area contributed by atoms with Gasteiger partial charge >= 0.3 is 0 Å². The molecule has 1 rings (SSSR count). The van der Waals surface area contributed by atoms with Crippen LogP contribution in [0, 0.1) is 5.92 Å².